The Bertz CT molecular complexity index is 596. The third-order valence-corrected chi connectivity index (χ3v) is 3.58. The zero-order chi connectivity index (χ0) is 16.1. The molecule has 0 radical (unpaired) electrons. The van der Waals surface area contributed by atoms with E-state index in [0.29, 0.717) is 12.0 Å². The zero-order valence-corrected chi connectivity index (χ0v) is 12.2. The summed E-state index contributed by atoms with van der Waals surface area (Å²) in [5.41, 5.74) is 1.28. The van der Waals surface area contributed by atoms with Gasteiger partial charge in [-0.3, -0.25) is 0 Å². The van der Waals surface area contributed by atoms with Gasteiger partial charge in [-0.2, -0.15) is 0 Å². The highest BCUT2D eigenvalue weighted by Gasteiger charge is 2.18. The van der Waals surface area contributed by atoms with Gasteiger partial charge >= 0.3 is 0 Å². The van der Waals surface area contributed by atoms with E-state index in [1.165, 1.54) is 0 Å². The number of aliphatic hydroxyl groups is 1. The highest BCUT2D eigenvalue weighted by atomic mass is 19.2. The van der Waals surface area contributed by atoms with Crippen LogP contribution in [0.2, 0.25) is 0 Å². The lowest BCUT2D eigenvalue weighted by Crippen LogP contribution is -2.26. The van der Waals surface area contributed by atoms with E-state index in [2.05, 4.69) is 5.32 Å². The standard InChI is InChI=1S/C17H18F3NO/c1-11(13-9-14(18)17(20)15(19)10-13)21-16(7-8-22)12-5-3-2-4-6-12/h2-6,9-11,16,21-22H,7-8H2,1H3/t11?,16-/m1/s1. The summed E-state index contributed by atoms with van der Waals surface area (Å²) in [6, 6.07) is 10.9. The molecule has 5 heteroatoms. The van der Waals surface area contributed by atoms with Crippen LogP contribution in [0.3, 0.4) is 0 Å². The fourth-order valence-electron chi connectivity index (χ4n) is 2.38. The second-order valence-corrected chi connectivity index (χ2v) is 5.16. The van der Waals surface area contributed by atoms with Gasteiger partial charge < -0.3 is 10.4 Å². The lowest BCUT2D eigenvalue weighted by atomic mass is 10.0. The molecule has 0 heterocycles. The fraction of sp³-hybridized carbons (Fsp3) is 0.294. The molecule has 2 aromatic rings. The minimum Gasteiger partial charge on any atom is -0.396 e. The monoisotopic (exact) mass is 309 g/mol. The van der Waals surface area contributed by atoms with Crippen molar-refractivity contribution in [2.45, 2.75) is 25.4 Å². The molecule has 2 rings (SSSR count). The van der Waals surface area contributed by atoms with E-state index in [-0.39, 0.29) is 12.6 Å². The molecule has 0 aliphatic rings. The first-order chi connectivity index (χ1) is 10.5. The minimum absolute atomic E-state index is 0.0224. The van der Waals surface area contributed by atoms with Gasteiger partial charge in [0.1, 0.15) is 0 Å². The van der Waals surface area contributed by atoms with Gasteiger partial charge in [-0.15, -0.1) is 0 Å². The predicted octanol–water partition coefficient (Wildman–Crippen LogP) is 3.88. The van der Waals surface area contributed by atoms with Crippen LogP contribution in [0.5, 0.6) is 0 Å². The summed E-state index contributed by atoms with van der Waals surface area (Å²) in [5, 5.41) is 12.4. The highest BCUT2D eigenvalue weighted by molar-refractivity contribution is 5.24. The summed E-state index contributed by atoms with van der Waals surface area (Å²) >= 11 is 0. The van der Waals surface area contributed by atoms with E-state index in [9.17, 15) is 18.3 Å². The summed E-state index contributed by atoms with van der Waals surface area (Å²) in [6.45, 7) is 1.71. The van der Waals surface area contributed by atoms with Gasteiger partial charge in [0.25, 0.3) is 0 Å². The Kier molecular flexibility index (Phi) is 5.57. The van der Waals surface area contributed by atoms with Crippen LogP contribution in [0, 0.1) is 17.5 Å². The van der Waals surface area contributed by atoms with Crippen molar-refractivity contribution >= 4 is 0 Å². The van der Waals surface area contributed by atoms with Gasteiger partial charge in [0.2, 0.25) is 0 Å². The first kappa shape index (κ1) is 16.5. The van der Waals surface area contributed by atoms with Crippen molar-refractivity contribution in [3.8, 4) is 0 Å². The minimum atomic E-state index is -1.47. The maximum Gasteiger partial charge on any atom is 0.194 e. The van der Waals surface area contributed by atoms with E-state index in [1.54, 1.807) is 6.92 Å². The molecule has 0 aliphatic heterocycles. The number of benzene rings is 2. The quantitative estimate of drug-likeness (QED) is 0.794. The van der Waals surface area contributed by atoms with E-state index < -0.39 is 23.5 Å². The van der Waals surface area contributed by atoms with Crippen molar-refractivity contribution in [2.75, 3.05) is 6.61 Å². The van der Waals surface area contributed by atoms with Gasteiger partial charge in [0, 0.05) is 18.7 Å². The highest BCUT2D eigenvalue weighted by Crippen LogP contribution is 2.24. The molecule has 0 amide bonds. The molecule has 0 saturated heterocycles. The number of aliphatic hydroxyl groups excluding tert-OH is 1. The predicted molar refractivity (Wildman–Crippen MR) is 78.8 cm³/mol. The number of nitrogens with one attached hydrogen (secondary N) is 1. The van der Waals surface area contributed by atoms with Crippen molar-refractivity contribution < 1.29 is 18.3 Å². The third kappa shape index (κ3) is 3.87. The molecular formula is C17H18F3NO. The zero-order valence-electron chi connectivity index (χ0n) is 12.2. The number of hydrogen-bond acceptors (Lipinski definition) is 2. The molecule has 118 valence electrons. The van der Waals surface area contributed by atoms with Gasteiger partial charge in [0.15, 0.2) is 17.5 Å². The number of halogens is 3. The van der Waals surface area contributed by atoms with Crippen LogP contribution in [-0.4, -0.2) is 11.7 Å². The van der Waals surface area contributed by atoms with Crippen molar-refractivity contribution in [2.24, 2.45) is 0 Å². The molecule has 2 atom stereocenters. The van der Waals surface area contributed by atoms with Crippen molar-refractivity contribution in [1.82, 2.24) is 5.32 Å². The van der Waals surface area contributed by atoms with Crippen LogP contribution < -0.4 is 5.32 Å². The molecule has 0 aliphatic carbocycles. The first-order valence-electron chi connectivity index (χ1n) is 7.09. The summed E-state index contributed by atoms with van der Waals surface area (Å²) in [6.07, 6.45) is 0.459. The smallest absolute Gasteiger partial charge is 0.194 e. The molecule has 2 aromatic carbocycles. The van der Waals surface area contributed by atoms with Gasteiger partial charge in [-0.1, -0.05) is 30.3 Å². The fourth-order valence-corrected chi connectivity index (χ4v) is 2.38. The van der Waals surface area contributed by atoms with Crippen LogP contribution in [0.4, 0.5) is 13.2 Å². The van der Waals surface area contributed by atoms with Gasteiger partial charge in [-0.25, -0.2) is 13.2 Å². The third-order valence-electron chi connectivity index (χ3n) is 3.58. The largest absolute Gasteiger partial charge is 0.396 e. The first-order valence-corrected chi connectivity index (χ1v) is 7.09. The molecule has 2 nitrogen and oxygen atoms in total. The number of rotatable bonds is 6. The van der Waals surface area contributed by atoms with E-state index in [1.807, 2.05) is 30.3 Å². The number of hydrogen-bond donors (Lipinski definition) is 2. The summed E-state index contributed by atoms with van der Waals surface area (Å²) in [4.78, 5) is 0. The van der Waals surface area contributed by atoms with E-state index in [0.717, 1.165) is 17.7 Å². The molecule has 1 unspecified atom stereocenters. The van der Waals surface area contributed by atoms with Crippen LogP contribution in [0.15, 0.2) is 42.5 Å². The summed E-state index contributed by atoms with van der Waals surface area (Å²) in [5.74, 6) is -3.88. The topological polar surface area (TPSA) is 32.3 Å². The van der Waals surface area contributed by atoms with Crippen molar-refractivity contribution in [1.29, 1.82) is 0 Å². The molecular weight excluding hydrogens is 291 g/mol. The maximum absolute atomic E-state index is 13.3. The lowest BCUT2D eigenvalue weighted by Gasteiger charge is -2.24. The van der Waals surface area contributed by atoms with Gasteiger partial charge in [-0.05, 0) is 36.6 Å². The Morgan fingerprint density at radius 2 is 1.59 bits per heavy atom. The molecule has 0 bridgehead atoms. The van der Waals surface area contributed by atoms with Crippen molar-refractivity contribution in [3.05, 3.63) is 71.0 Å². The van der Waals surface area contributed by atoms with Crippen LogP contribution in [0.1, 0.15) is 36.6 Å². The Hall–Kier alpha value is -1.85. The van der Waals surface area contributed by atoms with Crippen molar-refractivity contribution in [3.63, 3.8) is 0 Å². The van der Waals surface area contributed by atoms with Crippen LogP contribution in [-0.2, 0) is 0 Å². The van der Waals surface area contributed by atoms with Crippen LogP contribution in [0.25, 0.3) is 0 Å². The second-order valence-electron chi connectivity index (χ2n) is 5.16. The lowest BCUT2D eigenvalue weighted by molar-refractivity contribution is 0.260. The Balaban J connectivity index is 2.19. The Morgan fingerprint density at radius 3 is 2.14 bits per heavy atom. The Labute approximate surface area is 127 Å². The molecule has 2 N–H and O–H groups in total. The average molecular weight is 309 g/mol. The second kappa shape index (κ2) is 7.42. The normalized spacial score (nSPS) is 13.9. The molecule has 0 saturated carbocycles. The summed E-state index contributed by atoms with van der Waals surface area (Å²) < 4.78 is 39.7. The average Bonchev–Trinajstić information content (AvgIpc) is 2.52. The SMILES string of the molecule is CC(N[C@H](CCO)c1ccccc1)c1cc(F)c(F)c(F)c1. The summed E-state index contributed by atoms with van der Waals surface area (Å²) in [7, 11) is 0. The van der Waals surface area contributed by atoms with Crippen LogP contribution >= 0.6 is 0 Å². The molecule has 0 spiro atoms. The van der Waals surface area contributed by atoms with E-state index >= 15 is 0 Å². The van der Waals surface area contributed by atoms with Gasteiger partial charge in [0.05, 0.1) is 0 Å². The molecule has 0 fully saturated rings. The Morgan fingerprint density at radius 1 is 1.00 bits per heavy atom. The molecule has 22 heavy (non-hydrogen) atoms. The van der Waals surface area contributed by atoms with E-state index in [4.69, 9.17) is 0 Å². The molecule has 0 aromatic heterocycles. The maximum atomic E-state index is 13.3.